The molecule has 0 heterocycles. The second-order valence-electron chi connectivity index (χ2n) is 13.7. The number of carbonyl (C=O) groups excluding carboxylic acids is 4. The van der Waals surface area contributed by atoms with Gasteiger partial charge in [-0.25, -0.2) is 0 Å². The molecule has 0 amide bonds. The van der Waals surface area contributed by atoms with Gasteiger partial charge in [0.2, 0.25) is 0 Å². The molecule has 3 aliphatic rings. The van der Waals surface area contributed by atoms with Gasteiger partial charge in [-0.1, -0.05) is 34.6 Å². The Morgan fingerprint density at radius 2 is 1.70 bits per heavy atom. The lowest BCUT2D eigenvalue weighted by Gasteiger charge is -2.51. The van der Waals surface area contributed by atoms with Crippen molar-refractivity contribution in [2.24, 2.45) is 40.4 Å². The highest BCUT2D eigenvalue weighted by atomic mass is 16.5. The van der Waals surface area contributed by atoms with Crippen molar-refractivity contribution < 1.29 is 38.9 Å². The third kappa shape index (κ3) is 5.94. The van der Waals surface area contributed by atoms with Crippen molar-refractivity contribution in [3.05, 3.63) is 11.6 Å². The van der Waals surface area contributed by atoms with Crippen molar-refractivity contribution in [1.29, 1.82) is 0 Å². The number of hydrogen-bond donors (Lipinski definition) is 2. The Kier molecular flexibility index (Phi) is 9.77. The van der Waals surface area contributed by atoms with Crippen LogP contribution in [0.15, 0.2) is 11.6 Å². The molecular formula is C32H50O8. The number of allylic oxidation sites excluding steroid dienone is 1. The molecule has 3 aliphatic carbocycles. The highest BCUT2D eigenvalue weighted by molar-refractivity contribution is 6.16. The molecule has 8 nitrogen and oxygen atoms in total. The molecule has 2 unspecified atom stereocenters. The number of Topliss-reactive ketones (excluding diaryl/α,β-unsaturated/α-hetero) is 1. The minimum Gasteiger partial charge on any atom is -0.466 e. The van der Waals surface area contributed by atoms with E-state index in [1.807, 2.05) is 0 Å². The zero-order valence-electron chi connectivity index (χ0n) is 25.6. The van der Waals surface area contributed by atoms with Gasteiger partial charge in [0.25, 0.3) is 0 Å². The molecule has 8 heteroatoms. The van der Waals surface area contributed by atoms with Crippen molar-refractivity contribution in [3.8, 4) is 0 Å². The number of hydrogen-bond acceptors (Lipinski definition) is 8. The van der Waals surface area contributed by atoms with Gasteiger partial charge in [-0.3, -0.25) is 19.2 Å². The number of carbonyl (C=O) groups is 4. The van der Waals surface area contributed by atoms with Crippen molar-refractivity contribution >= 4 is 23.5 Å². The molecule has 3 rings (SSSR count). The molecule has 40 heavy (non-hydrogen) atoms. The molecule has 226 valence electrons. The summed E-state index contributed by atoms with van der Waals surface area (Å²) >= 11 is 0. The van der Waals surface area contributed by atoms with Crippen LogP contribution in [0.2, 0.25) is 0 Å². The standard InChI is InChI=1S/C32H50O8/c1-18(2)20(4)27(40-22(6)34)15-19(3)25-9-10-26(30(25,7)13-14-39-21(5)33)24-16-28(36)32(38)17-23(35)11-12-31(32,8)29(24)37/h16,18-20,23,25-27,35,38H,9-15,17H2,1-8H3/t19-,20?,23+,25-,26+,27?,30-,31-,32+/m1/s1. The number of esters is 2. The highest BCUT2D eigenvalue weighted by Gasteiger charge is 2.63. The number of rotatable bonds is 10. The SMILES string of the molecule is CC(=O)OCC[C@]1(C)[C@@H]([C@H](C)CC(OC(C)=O)C(C)C(C)C)CC[C@H]1C1=CC(=O)[C@@]2(O)C[C@@H](O)CC[C@]2(C)C1=O. The van der Waals surface area contributed by atoms with Crippen LogP contribution in [0.25, 0.3) is 0 Å². The van der Waals surface area contributed by atoms with Gasteiger partial charge in [0.1, 0.15) is 11.7 Å². The van der Waals surface area contributed by atoms with Crippen molar-refractivity contribution in [3.63, 3.8) is 0 Å². The number of ether oxygens (including phenoxy) is 2. The zero-order chi connectivity index (χ0) is 30.2. The first kappa shape index (κ1) is 32.5. The number of aliphatic hydroxyl groups excluding tert-OH is 1. The maximum atomic E-state index is 14.1. The Morgan fingerprint density at radius 1 is 1.05 bits per heavy atom. The third-order valence-corrected chi connectivity index (χ3v) is 10.9. The summed E-state index contributed by atoms with van der Waals surface area (Å²) in [6.45, 7) is 15.3. The summed E-state index contributed by atoms with van der Waals surface area (Å²) in [5.74, 6) is -0.918. The van der Waals surface area contributed by atoms with E-state index in [1.54, 1.807) is 6.92 Å². The largest absolute Gasteiger partial charge is 0.466 e. The van der Waals surface area contributed by atoms with Gasteiger partial charge in [0.05, 0.1) is 18.1 Å². The predicted molar refractivity (Wildman–Crippen MR) is 150 cm³/mol. The lowest BCUT2D eigenvalue weighted by molar-refractivity contribution is -0.174. The maximum Gasteiger partial charge on any atom is 0.302 e. The first-order valence-electron chi connectivity index (χ1n) is 15.0. The Balaban J connectivity index is 1.98. The van der Waals surface area contributed by atoms with Crippen LogP contribution in [-0.4, -0.2) is 58.1 Å². The quantitative estimate of drug-likeness (QED) is 0.371. The lowest BCUT2D eigenvalue weighted by atomic mass is 9.53. The fourth-order valence-electron chi connectivity index (χ4n) is 7.93. The van der Waals surface area contributed by atoms with Gasteiger partial charge < -0.3 is 19.7 Å². The van der Waals surface area contributed by atoms with Gasteiger partial charge in [-0.15, -0.1) is 0 Å². The van der Waals surface area contributed by atoms with Gasteiger partial charge in [0, 0.05) is 25.8 Å². The summed E-state index contributed by atoms with van der Waals surface area (Å²) in [5, 5.41) is 21.6. The van der Waals surface area contributed by atoms with E-state index in [0.717, 1.165) is 6.42 Å². The Hall–Kier alpha value is -2.06. The van der Waals surface area contributed by atoms with E-state index in [0.29, 0.717) is 37.2 Å². The fraction of sp³-hybridized carbons (Fsp3) is 0.812. The topological polar surface area (TPSA) is 127 Å². The van der Waals surface area contributed by atoms with E-state index >= 15 is 0 Å². The van der Waals surface area contributed by atoms with E-state index < -0.39 is 28.3 Å². The smallest absolute Gasteiger partial charge is 0.302 e. The van der Waals surface area contributed by atoms with E-state index in [4.69, 9.17) is 9.47 Å². The number of ketones is 2. The molecule has 0 aliphatic heterocycles. The Bertz CT molecular complexity index is 1030. The van der Waals surface area contributed by atoms with E-state index in [-0.39, 0.29) is 66.9 Å². The Morgan fingerprint density at radius 3 is 2.27 bits per heavy atom. The normalized spacial score (nSPS) is 36.5. The van der Waals surface area contributed by atoms with Crippen LogP contribution in [0, 0.1) is 40.4 Å². The molecule has 2 saturated carbocycles. The number of fused-ring (bicyclic) bond motifs is 1. The molecule has 2 fully saturated rings. The predicted octanol–water partition coefficient (Wildman–Crippen LogP) is 4.58. The third-order valence-electron chi connectivity index (χ3n) is 10.9. The summed E-state index contributed by atoms with van der Waals surface area (Å²) in [6, 6.07) is 0. The molecule has 0 radical (unpaired) electrons. The van der Waals surface area contributed by atoms with Crippen molar-refractivity contribution in [1.82, 2.24) is 0 Å². The maximum absolute atomic E-state index is 14.1. The first-order chi connectivity index (χ1) is 18.5. The molecule has 0 aromatic heterocycles. The van der Waals surface area contributed by atoms with E-state index in [2.05, 4.69) is 34.6 Å². The van der Waals surface area contributed by atoms with Crippen LogP contribution in [0.3, 0.4) is 0 Å². The summed E-state index contributed by atoms with van der Waals surface area (Å²) in [4.78, 5) is 51.1. The summed E-state index contributed by atoms with van der Waals surface area (Å²) < 4.78 is 11.2. The van der Waals surface area contributed by atoms with Crippen LogP contribution in [0.5, 0.6) is 0 Å². The van der Waals surface area contributed by atoms with Gasteiger partial charge in [-0.2, -0.15) is 0 Å². The summed E-state index contributed by atoms with van der Waals surface area (Å²) in [6.07, 6.45) is 3.39. The molecule has 0 spiro atoms. The zero-order valence-corrected chi connectivity index (χ0v) is 25.6. The number of aliphatic hydroxyl groups is 2. The van der Waals surface area contributed by atoms with Gasteiger partial charge in [-0.05, 0) is 86.5 Å². The fourth-order valence-corrected chi connectivity index (χ4v) is 7.93. The minimum atomic E-state index is -1.91. The second kappa shape index (κ2) is 12.0. The Labute approximate surface area is 239 Å². The lowest BCUT2D eigenvalue weighted by Crippen LogP contribution is -2.63. The summed E-state index contributed by atoms with van der Waals surface area (Å²) in [5.41, 5.74) is -3.23. The molecule has 9 atom stereocenters. The van der Waals surface area contributed by atoms with Crippen LogP contribution in [0.4, 0.5) is 0 Å². The van der Waals surface area contributed by atoms with Crippen LogP contribution in [-0.2, 0) is 28.7 Å². The van der Waals surface area contributed by atoms with E-state index in [9.17, 15) is 29.4 Å². The highest BCUT2D eigenvalue weighted by Crippen LogP contribution is 2.59. The van der Waals surface area contributed by atoms with Crippen molar-refractivity contribution in [2.45, 2.75) is 118 Å². The molecule has 0 aromatic rings. The van der Waals surface area contributed by atoms with Gasteiger partial charge >= 0.3 is 11.9 Å². The molecule has 0 aromatic carbocycles. The molecular weight excluding hydrogens is 512 g/mol. The van der Waals surface area contributed by atoms with E-state index in [1.165, 1.54) is 19.9 Å². The van der Waals surface area contributed by atoms with Crippen LogP contribution >= 0.6 is 0 Å². The molecule has 2 N–H and O–H groups in total. The van der Waals surface area contributed by atoms with Crippen molar-refractivity contribution in [2.75, 3.05) is 6.61 Å². The average molecular weight is 563 g/mol. The monoisotopic (exact) mass is 562 g/mol. The van der Waals surface area contributed by atoms with Crippen LogP contribution in [0.1, 0.15) is 100 Å². The molecule has 0 bridgehead atoms. The average Bonchev–Trinajstić information content (AvgIpc) is 3.18. The second-order valence-corrected chi connectivity index (χ2v) is 13.7. The first-order valence-corrected chi connectivity index (χ1v) is 15.0. The minimum absolute atomic E-state index is 0.121. The molecule has 0 saturated heterocycles. The van der Waals surface area contributed by atoms with Crippen LogP contribution < -0.4 is 0 Å². The summed E-state index contributed by atoms with van der Waals surface area (Å²) in [7, 11) is 0. The van der Waals surface area contributed by atoms with Gasteiger partial charge in [0.15, 0.2) is 11.6 Å².